The van der Waals surface area contributed by atoms with Crippen molar-refractivity contribution in [3.8, 4) is 0 Å². The topological polar surface area (TPSA) is 12.0 Å². The lowest BCUT2D eigenvalue weighted by Crippen LogP contribution is -2.38. The van der Waals surface area contributed by atoms with Gasteiger partial charge in [-0.25, -0.2) is 0 Å². The summed E-state index contributed by atoms with van der Waals surface area (Å²) < 4.78 is 0. The van der Waals surface area contributed by atoms with Gasteiger partial charge in [0.05, 0.1) is 0 Å². The summed E-state index contributed by atoms with van der Waals surface area (Å²) in [5.74, 6) is 1.79. The van der Waals surface area contributed by atoms with Crippen LogP contribution in [0.1, 0.15) is 66.2 Å². The molecular weight excluding hydrogens is 194 g/mol. The van der Waals surface area contributed by atoms with Crippen LogP contribution < -0.4 is 5.32 Å². The Balaban J connectivity index is 2.43. The average molecular weight is 225 g/mol. The minimum atomic E-state index is 0.602. The first-order valence-electron chi connectivity index (χ1n) is 7.15. The lowest BCUT2D eigenvalue weighted by atomic mass is 9.70. The molecule has 1 aliphatic carbocycles. The molecule has 0 amide bonds. The van der Waals surface area contributed by atoms with Gasteiger partial charge < -0.3 is 5.32 Å². The van der Waals surface area contributed by atoms with Crippen LogP contribution in [0, 0.1) is 17.3 Å². The summed E-state index contributed by atoms with van der Waals surface area (Å²) in [4.78, 5) is 0. The molecule has 0 aromatic heterocycles. The minimum Gasteiger partial charge on any atom is -0.317 e. The van der Waals surface area contributed by atoms with Crippen molar-refractivity contribution in [2.45, 2.75) is 72.3 Å². The maximum Gasteiger partial charge on any atom is 0.00948 e. The second kappa shape index (κ2) is 6.05. The molecule has 0 bridgehead atoms. The van der Waals surface area contributed by atoms with E-state index in [4.69, 9.17) is 0 Å². The van der Waals surface area contributed by atoms with Crippen LogP contribution >= 0.6 is 0 Å². The molecule has 16 heavy (non-hydrogen) atoms. The molecule has 0 aliphatic heterocycles. The lowest BCUT2D eigenvalue weighted by Gasteiger charge is -2.38. The second-order valence-corrected chi connectivity index (χ2v) is 6.65. The molecule has 1 fully saturated rings. The molecule has 1 nitrogen and oxygen atoms in total. The number of hydrogen-bond acceptors (Lipinski definition) is 1. The zero-order chi connectivity index (χ0) is 12.2. The third kappa shape index (κ3) is 4.08. The normalized spacial score (nSPS) is 25.3. The average Bonchev–Trinajstić information content (AvgIpc) is 2.26. The smallest absolute Gasteiger partial charge is 0.00948 e. The molecule has 1 aliphatic rings. The summed E-state index contributed by atoms with van der Waals surface area (Å²) >= 11 is 0. The largest absolute Gasteiger partial charge is 0.317 e. The van der Waals surface area contributed by atoms with E-state index in [2.05, 4.69) is 40.1 Å². The Morgan fingerprint density at radius 1 is 1.25 bits per heavy atom. The van der Waals surface area contributed by atoms with Crippen LogP contribution in [0.5, 0.6) is 0 Å². The van der Waals surface area contributed by atoms with Gasteiger partial charge in [0.2, 0.25) is 0 Å². The molecule has 0 spiro atoms. The number of rotatable bonds is 5. The van der Waals surface area contributed by atoms with Crippen LogP contribution in [0.2, 0.25) is 0 Å². The Morgan fingerprint density at radius 2 is 1.81 bits per heavy atom. The van der Waals surface area contributed by atoms with Gasteiger partial charge in [-0.05, 0) is 56.4 Å². The predicted octanol–water partition coefficient (Wildman–Crippen LogP) is 4.23. The van der Waals surface area contributed by atoms with Crippen molar-refractivity contribution in [2.24, 2.45) is 17.3 Å². The van der Waals surface area contributed by atoms with Gasteiger partial charge >= 0.3 is 0 Å². The summed E-state index contributed by atoms with van der Waals surface area (Å²) in [6.07, 6.45) is 8.35. The molecule has 0 saturated heterocycles. The first kappa shape index (κ1) is 14.0. The van der Waals surface area contributed by atoms with E-state index < -0.39 is 0 Å². The van der Waals surface area contributed by atoms with Gasteiger partial charge in [0, 0.05) is 6.04 Å². The van der Waals surface area contributed by atoms with E-state index in [0.29, 0.717) is 5.41 Å². The van der Waals surface area contributed by atoms with Crippen LogP contribution in [-0.2, 0) is 0 Å². The predicted molar refractivity (Wildman–Crippen MR) is 72.7 cm³/mol. The molecular formula is C15H31N. The van der Waals surface area contributed by atoms with Gasteiger partial charge in [0.25, 0.3) is 0 Å². The highest BCUT2D eigenvalue weighted by molar-refractivity contribution is 4.85. The fourth-order valence-corrected chi connectivity index (χ4v) is 2.97. The van der Waals surface area contributed by atoms with Gasteiger partial charge in [-0.1, -0.05) is 34.1 Å². The Labute approximate surface area is 102 Å². The highest BCUT2D eigenvalue weighted by Gasteiger charge is 2.30. The maximum atomic E-state index is 3.56. The molecule has 1 saturated carbocycles. The SMILES string of the molecule is CCC(C)CC(NC)C1CCC(C)(C)CC1. The summed E-state index contributed by atoms with van der Waals surface area (Å²) in [7, 11) is 2.15. The van der Waals surface area contributed by atoms with Crippen molar-refractivity contribution >= 4 is 0 Å². The van der Waals surface area contributed by atoms with Crippen molar-refractivity contribution in [1.29, 1.82) is 0 Å². The van der Waals surface area contributed by atoms with Crippen LogP contribution in [0.4, 0.5) is 0 Å². The molecule has 1 N–H and O–H groups in total. The van der Waals surface area contributed by atoms with Gasteiger partial charge in [0.1, 0.15) is 0 Å². The van der Waals surface area contributed by atoms with E-state index >= 15 is 0 Å². The first-order valence-corrected chi connectivity index (χ1v) is 7.15. The second-order valence-electron chi connectivity index (χ2n) is 6.65. The fraction of sp³-hybridized carbons (Fsp3) is 1.00. The van der Waals surface area contributed by atoms with E-state index in [1.165, 1.54) is 38.5 Å². The number of nitrogens with one attached hydrogen (secondary N) is 1. The molecule has 1 rings (SSSR count). The van der Waals surface area contributed by atoms with Crippen molar-refractivity contribution in [3.63, 3.8) is 0 Å². The molecule has 0 radical (unpaired) electrons. The van der Waals surface area contributed by atoms with Crippen molar-refractivity contribution < 1.29 is 0 Å². The van der Waals surface area contributed by atoms with Gasteiger partial charge in [-0.15, -0.1) is 0 Å². The summed E-state index contributed by atoms with van der Waals surface area (Å²) in [6, 6.07) is 0.756. The van der Waals surface area contributed by atoms with Gasteiger partial charge in [0.15, 0.2) is 0 Å². The summed E-state index contributed by atoms with van der Waals surface area (Å²) in [5.41, 5.74) is 0.602. The van der Waals surface area contributed by atoms with Crippen molar-refractivity contribution in [2.75, 3.05) is 7.05 Å². The Kier molecular flexibility index (Phi) is 5.30. The first-order chi connectivity index (χ1) is 7.48. The van der Waals surface area contributed by atoms with Crippen LogP contribution in [0.15, 0.2) is 0 Å². The van der Waals surface area contributed by atoms with E-state index in [1.807, 2.05) is 0 Å². The number of hydrogen-bond donors (Lipinski definition) is 1. The Morgan fingerprint density at radius 3 is 2.25 bits per heavy atom. The zero-order valence-electron chi connectivity index (χ0n) is 12.0. The summed E-state index contributed by atoms with van der Waals surface area (Å²) in [5, 5.41) is 3.56. The van der Waals surface area contributed by atoms with Crippen molar-refractivity contribution in [1.82, 2.24) is 5.32 Å². The Bertz CT molecular complexity index is 188. The Hall–Kier alpha value is -0.0400. The molecule has 0 aromatic rings. The maximum absolute atomic E-state index is 3.56. The third-order valence-corrected chi connectivity index (χ3v) is 4.68. The monoisotopic (exact) mass is 225 g/mol. The van der Waals surface area contributed by atoms with E-state index in [9.17, 15) is 0 Å². The van der Waals surface area contributed by atoms with Crippen molar-refractivity contribution in [3.05, 3.63) is 0 Å². The fourth-order valence-electron chi connectivity index (χ4n) is 2.97. The molecule has 0 heterocycles. The minimum absolute atomic E-state index is 0.602. The zero-order valence-corrected chi connectivity index (χ0v) is 12.0. The highest BCUT2D eigenvalue weighted by atomic mass is 14.9. The third-order valence-electron chi connectivity index (χ3n) is 4.68. The standard InChI is InChI=1S/C15H31N/c1-6-12(2)11-14(16-5)13-7-9-15(3,4)10-8-13/h12-14,16H,6-11H2,1-5H3. The molecule has 2 atom stereocenters. The quantitative estimate of drug-likeness (QED) is 0.738. The molecule has 96 valence electrons. The van der Waals surface area contributed by atoms with Crippen LogP contribution in [0.3, 0.4) is 0 Å². The van der Waals surface area contributed by atoms with Crippen LogP contribution in [0.25, 0.3) is 0 Å². The summed E-state index contributed by atoms with van der Waals surface area (Å²) in [6.45, 7) is 9.54. The molecule has 1 heteroatoms. The molecule has 2 unspecified atom stereocenters. The molecule has 0 aromatic carbocycles. The highest BCUT2D eigenvalue weighted by Crippen LogP contribution is 2.40. The van der Waals surface area contributed by atoms with E-state index in [-0.39, 0.29) is 0 Å². The van der Waals surface area contributed by atoms with Crippen LogP contribution in [-0.4, -0.2) is 13.1 Å². The van der Waals surface area contributed by atoms with E-state index in [0.717, 1.165) is 17.9 Å². The lowest BCUT2D eigenvalue weighted by molar-refractivity contribution is 0.153. The van der Waals surface area contributed by atoms with E-state index in [1.54, 1.807) is 0 Å². The van der Waals surface area contributed by atoms with Gasteiger partial charge in [-0.3, -0.25) is 0 Å². The van der Waals surface area contributed by atoms with Gasteiger partial charge in [-0.2, -0.15) is 0 Å².